The van der Waals surface area contributed by atoms with E-state index in [2.05, 4.69) is 15.9 Å². The fourth-order valence-corrected chi connectivity index (χ4v) is 2.67. The second-order valence-electron chi connectivity index (χ2n) is 4.53. The number of carbonyl (C=O) groups is 1. The van der Waals surface area contributed by atoms with Gasteiger partial charge in [-0.05, 0) is 24.6 Å². The van der Waals surface area contributed by atoms with Gasteiger partial charge in [-0.15, -0.1) is 0 Å². The summed E-state index contributed by atoms with van der Waals surface area (Å²) in [6.07, 6.45) is 0.0968. The molecule has 0 fully saturated rings. The van der Waals surface area contributed by atoms with Crippen LogP contribution in [0, 0.1) is 0 Å². The molecule has 94 valence electrons. The summed E-state index contributed by atoms with van der Waals surface area (Å²) in [7, 11) is 0. The Hall–Kier alpha value is -1.03. The standard InChI is InChI=1S/C13H17BrO3/c1-4-17-9-5-6-10(11(14)7-9)13(2,3)8-12(15)16/h5-7H,4,8H2,1-3H3,(H,15,16). The minimum Gasteiger partial charge on any atom is -0.494 e. The lowest BCUT2D eigenvalue weighted by atomic mass is 9.81. The molecule has 0 amide bonds. The highest BCUT2D eigenvalue weighted by Crippen LogP contribution is 2.35. The highest BCUT2D eigenvalue weighted by molar-refractivity contribution is 9.10. The summed E-state index contributed by atoms with van der Waals surface area (Å²) < 4.78 is 6.27. The monoisotopic (exact) mass is 300 g/mol. The van der Waals surface area contributed by atoms with Crippen molar-refractivity contribution in [3.8, 4) is 5.75 Å². The highest BCUT2D eigenvalue weighted by atomic mass is 79.9. The number of aliphatic carboxylic acids is 1. The molecule has 0 spiro atoms. The number of rotatable bonds is 5. The van der Waals surface area contributed by atoms with Gasteiger partial charge in [0.2, 0.25) is 0 Å². The zero-order valence-corrected chi connectivity index (χ0v) is 11.9. The molecule has 1 aromatic carbocycles. The number of benzene rings is 1. The molecule has 0 aromatic heterocycles. The molecule has 0 saturated heterocycles. The predicted molar refractivity (Wildman–Crippen MR) is 70.6 cm³/mol. The lowest BCUT2D eigenvalue weighted by Crippen LogP contribution is -2.22. The molecular formula is C13H17BrO3. The average Bonchev–Trinajstić information content (AvgIpc) is 2.15. The molecule has 0 aliphatic heterocycles. The third-order valence-electron chi connectivity index (χ3n) is 2.57. The van der Waals surface area contributed by atoms with Crippen molar-refractivity contribution in [1.82, 2.24) is 0 Å². The van der Waals surface area contributed by atoms with Crippen LogP contribution in [0.1, 0.15) is 32.8 Å². The van der Waals surface area contributed by atoms with Gasteiger partial charge in [-0.1, -0.05) is 35.8 Å². The third kappa shape index (κ3) is 3.73. The lowest BCUT2D eigenvalue weighted by molar-refractivity contribution is -0.138. The molecule has 0 heterocycles. The van der Waals surface area contributed by atoms with E-state index in [9.17, 15) is 4.79 Å². The number of ether oxygens (including phenoxy) is 1. The fraction of sp³-hybridized carbons (Fsp3) is 0.462. The molecule has 0 aliphatic rings. The third-order valence-corrected chi connectivity index (χ3v) is 3.23. The van der Waals surface area contributed by atoms with Crippen LogP contribution in [-0.2, 0) is 10.2 Å². The lowest BCUT2D eigenvalue weighted by Gasteiger charge is -2.24. The predicted octanol–water partition coefficient (Wildman–Crippen LogP) is 3.60. The first kappa shape index (κ1) is 14.0. The molecule has 17 heavy (non-hydrogen) atoms. The smallest absolute Gasteiger partial charge is 0.304 e. The van der Waals surface area contributed by atoms with Crippen molar-refractivity contribution in [3.63, 3.8) is 0 Å². The summed E-state index contributed by atoms with van der Waals surface area (Å²) in [5, 5.41) is 8.90. The Labute approximate surface area is 110 Å². The van der Waals surface area contributed by atoms with Crippen LogP contribution in [0.25, 0.3) is 0 Å². The van der Waals surface area contributed by atoms with Gasteiger partial charge >= 0.3 is 5.97 Å². The van der Waals surface area contributed by atoms with Crippen molar-refractivity contribution in [1.29, 1.82) is 0 Å². The molecule has 4 heteroatoms. The number of carboxylic acids is 1. The summed E-state index contributed by atoms with van der Waals surface area (Å²) in [5.74, 6) is -0.00923. The van der Waals surface area contributed by atoms with Gasteiger partial charge in [0.15, 0.2) is 0 Å². The summed E-state index contributed by atoms with van der Waals surface area (Å²) in [4.78, 5) is 10.8. The zero-order valence-electron chi connectivity index (χ0n) is 10.3. The quantitative estimate of drug-likeness (QED) is 0.904. The minimum atomic E-state index is -0.796. The molecule has 1 aromatic rings. The fourth-order valence-electron chi connectivity index (χ4n) is 1.77. The van der Waals surface area contributed by atoms with Crippen molar-refractivity contribution in [3.05, 3.63) is 28.2 Å². The van der Waals surface area contributed by atoms with Crippen LogP contribution in [0.5, 0.6) is 5.75 Å². The largest absolute Gasteiger partial charge is 0.494 e. The highest BCUT2D eigenvalue weighted by Gasteiger charge is 2.26. The average molecular weight is 301 g/mol. The second kappa shape index (κ2) is 5.54. The molecule has 0 saturated carbocycles. The first-order chi connectivity index (χ1) is 7.86. The van der Waals surface area contributed by atoms with Gasteiger partial charge in [-0.3, -0.25) is 4.79 Å². The Balaban J connectivity index is 3.02. The number of hydrogen-bond acceptors (Lipinski definition) is 2. The summed E-state index contributed by atoms with van der Waals surface area (Å²) in [6, 6.07) is 5.66. The van der Waals surface area contributed by atoms with E-state index in [0.717, 1.165) is 15.8 Å². The maximum absolute atomic E-state index is 10.8. The topological polar surface area (TPSA) is 46.5 Å². The Morgan fingerprint density at radius 2 is 2.12 bits per heavy atom. The van der Waals surface area contributed by atoms with Crippen molar-refractivity contribution in [2.24, 2.45) is 0 Å². The van der Waals surface area contributed by atoms with Crippen LogP contribution in [0.3, 0.4) is 0 Å². The van der Waals surface area contributed by atoms with Gasteiger partial charge in [0.05, 0.1) is 13.0 Å². The first-order valence-electron chi connectivity index (χ1n) is 5.51. The van der Waals surface area contributed by atoms with E-state index in [4.69, 9.17) is 9.84 Å². The maximum Gasteiger partial charge on any atom is 0.304 e. The van der Waals surface area contributed by atoms with Gasteiger partial charge in [0.1, 0.15) is 5.75 Å². The molecular weight excluding hydrogens is 284 g/mol. The number of carboxylic acid groups (broad SMARTS) is 1. The van der Waals surface area contributed by atoms with Crippen molar-refractivity contribution in [2.45, 2.75) is 32.6 Å². The van der Waals surface area contributed by atoms with E-state index in [-0.39, 0.29) is 6.42 Å². The molecule has 0 atom stereocenters. The molecule has 1 N–H and O–H groups in total. The van der Waals surface area contributed by atoms with Crippen molar-refractivity contribution < 1.29 is 14.6 Å². The van der Waals surface area contributed by atoms with Gasteiger partial charge in [-0.25, -0.2) is 0 Å². The van der Waals surface area contributed by atoms with Crippen LogP contribution in [0.4, 0.5) is 0 Å². The SMILES string of the molecule is CCOc1ccc(C(C)(C)CC(=O)O)c(Br)c1. The Morgan fingerprint density at radius 1 is 1.47 bits per heavy atom. The van der Waals surface area contributed by atoms with Gasteiger partial charge in [-0.2, -0.15) is 0 Å². The van der Waals surface area contributed by atoms with E-state index < -0.39 is 11.4 Å². The first-order valence-corrected chi connectivity index (χ1v) is 6.30. The van der Waals surface area contributed by atoms with E-state index in [0.29, 0.717) is 6.61 Å². The normalized spacial score (nSPS) is 11.3. The zero-order chi connectivity index (χ0) is 13.1. The number of hydrogen-bond donors (Lipinski definition) is 1. The molecule has 0 radical (unpaired) electrons. The Bertz CT molecular complexity index is 413. The van der Waals surface area contributed by atoms with E-state index in [1.165, 1.54) is 0 Å². The Kier molecular flexibility index (Phi) is 4.57. The minimum absolute atomic E-state index is 0.0968. The molecule has 0 unspecified atom stereocenters. The van der Waals surface area contributed by atoms with Crippen LogP contribution < -0.4 is 4.74 Å². The summed E-state index contributed by atoms with van der Waals surface area (Å²) >= 11 is 3.47. The summed E-state index contributed by atoms with van der Waals surface area (Å²) in [5.41, 5.74) is 0.568. The van der Waals surface area contributed by atoms with E-state index >= 15 is 0 Å². The maximum atomic E-state index is 10.8. The van der Waals surface area contributed by atoms with E-state index in [1.54, 1.807) is 0 Å². The number of halogens is 1. The second-order valence-corrected chi connectivity index (χ2v) is 5.38. The van der Waals surface area contributed by atoms with Crippen molar-refractivity contribution in [2.75, 3.05) is 6.61 Å². The molecule has 3 nitrogen and oxygen atoms in total. The van der Waals surface area contributed by atoms with Crippen LogP contribution in [0.2, 0.25) is 0 Å². The van der Waals surface area contributed by atoms with Gasteiger partial charge < -0.3 is 9.84 Å². The van der Waals surface area contributed by atoms with Crippen LogP contribution in [-0.4, -0.2) is 17.7 Å². The molecule has 0 aliphatic carbocycles. The summed E-state index contributed by atoms with van der Waals surface area (Å²) in [6.45, 7) is 6.38. The van der Waals surface area contributed by atoms with E-state index in [1.807, 2.05) is 39.0 Å². The Morgan fingerprint density at radius 3 is 2.59 bits per heavy atom. The van der Waals surface area contributed by atoms with Crippen molar-refractivity contribution >= 4 is 21.9 Å². The van der Waals surface area contributed by atoms with Gasteiger partial charge in [0, 0.05) is 9.89 Å². The molecule has 1 rings (SSSR count). The van der Waals surface area contributed by atoms with Crippen LogP contribution >= 0.6 is 15.9 Å². The van der Waals surface area contributed by atoms with Gasteiger partial charge in [0.25, 0.3) is 0 Å². The van der Waals surface area contributed by atoms with Crippen LogP contribution in [0.15, 0.2) is 22.7 Å². The molecule has 0 bridgehead atoms.